The first-order chi connectivity index (χ1) is 7.60. The molecule has 1 aliphatic rings. The van der Waals surface area contributed by atoms with Crippen LogP contribution in [0.5, 0.6) is 0 Å². The lowest BCUT2D eigenvalue weighted by molar-refractivity contribution is -0.129. The number of nitrogens with one attached hydrogen (secondary N) is 1. The van der Waals surface area contributed by atoms with Crippen LogP contribution < -0.4 is 11.3 Å². The minimum Gasteiger partial charge on any atom is -0.381 e. The molecule has 0 aromatic heterocycles. The normalized spacial score (nSPS) is 21.1. The van der Waals surface area contributed by atoms with Crippen molar-refractivity contribution in [3.63, 3.8) is 0 Å². The Labute approximate surface area is 97.3 Å². The fourth-order valence-electron chi connectivity index (χ4n) is 2.37. The van der Waals surface area contributed by atoms with Crippen LogP contribution in [0.3, 0.4) is 0 Å². The number of methoxy groups -OCH3 is 1. The highest BCUT2D eigenvalue weighted by Gasteiger charge is 2.31. The van der Waals surface area contributed by atoms with Crippen molar-refractivity contribution < 1.29 is 9.53 Å². The minimum atomic E-state index is -0.122. The Hall–Kier alpha value is -0.650. The van der Waals surface area contributed by atoms with Crippen molar-refractivity contribution in [2.45, 2.75) is 38.8 Å². The number of carbonyl (C=O) groups excluding carboxylic acids is 1. The quantitative estimate of drug-likeness (QED) is 0.408. The first kappa shape index (κ1) is 13.4. The summed E-state index contributed by atoms with van der Waals surface area (Å²) in [5.41, 5.74) is 2.26. The molecule has 5 heteroatoms. The first-order valence-electron chi connectivity index (χ1n) is 5.87. The summed E-state index contributed by atoms with van der Waals surface area (Å²) in [7, 11) is 1.74. The van der Waals surface area contributed by atoms with Crippen LogP contribution in [0.1, 0.15) is 26.7 Å². The molecule has 0 aromatic rings. The van der Waals surface area contributed by atoms with E-state index in [0.717, 1.165) is 25.9 Å². The monoisotopic (exact) mass is 229 g/mol. The second kappa shape index (κ2) is 6.18. The molecule has 0 saturated carbocycles. The fraction of sp³-hybridized carbons (Fsp3) is 0.909. The van der Waals surface area contributed by atoms with Crippen molar-refractivity contribution in [2.24, 2.45) is 11.8 Å². The minimum absolute atomic E-state index is 0.0918. The maximum Gasteiger partial charge on any atom is 0.251 e. The number of hydrogen-bond acceptors (Lipinski definition) is 4. The van der Waals surface area contributed by atoms with Gasteiger partial charge in [-0.1, -0.05) is 13.8 Å². The summed E-state index contributed by atoms with van der Waals surface area (Å²) < 4.78 is 5.31. The highest BCUT2D eigenvalue weighted by Crippen LogP contribution is 2.19. The summed E-state index contributed by atoms with van der Waals surface area (Å²) in [6.07, 6.45) is 2.31. The highest BCUT2D eigenvalue weighted by atomic mass is 16.5. The van der Waals surface area contributed by atoms with E-state index in [9.17, 15) is 4.79 Å². The number of amides is 1. The second-order valence-electron chi connectivity index (χ2n) is 4.67. The number of likely N-dealkylation sites (tertiary alicyclic amines) is 1. The van der Waals surface area contributed by atoms with Gasteiger partial charge in [-0.3, -0.25) is 15.1 Å². The van der Waals surface area contributed by atoms with Crippen molar-refractivity contribution >= 4 is 5.91 Å². The Morgan fingerprint density at radius 2 is 2.00 bits per heavy atom. The molecule has 1 saturated heterocycles. The van der Waals surface area contributed by atoms with Gasteiger partial charge in [-0.25, -0.2) is 5.84 Å². The smallest absolute Gasteiger partial charge is 0.251 e. The third kappa shape index (κ3) is 3.17. The van der Waals surface area contributed by atoms with E-state index < -0.39 is 0 Å². The van der Waals surface area contributed by atoms with Crippen molar-refractivity contribution in [3.05, 3.63) is 0 Å². The summed E-state index contributed by atoms with van der Waals surface area (Å²) >= 11 is 0. The molecule has 3 N–H and O–H groups in total. The van der Waals surface area contributed by atoms with Crippen LogP contribution in [0.25, 0.3) is 0 Å². The van der Waals surface area contributed by atoms with Gasteiger partial charge in [-0.2, -0.15) is 0 Å². The second-order valence-corrected chi connectivity index (χ2v) is 4.67. The van der Waals surface area contributed by atoms with Gasteiger partial charge in [0.25, 0.3) is 5.91 Å². The fourth-order valence-corrected chi connectivity index (χ4v) is 2.37. The molecule has 1 aliphatic heterocycles. The molecule has 0 bridgehead atoms. The Morgan fingerprint density at radius 3 is 2.38 bits per heavy atom. The summed E-state index contributed by atoms with van der Waals surface area (Å²) in [6, 6.07) is -0.122. The number of hydrazine groups is 1. The number of ether oxygens (including phenoxy) is 1. The van der Waals surface area contributed by atoms with Crippen molar-refractivity contribution in [1.29, 1.82) is 0 Å². The standard InChI is InChI=1S/C11H23N3O2/c1-8(2)10(11(15)13-12)14-6-4-9(16-3)5-7-14/h8-10H,4-7,12H2,1-3H3,(H,13,15). The Kier molecular flexibility index (Phi) is 5.18. The molecular formula is C11H23N3O2. The van der Waals surface area contributed by atoms with Crippen molar-refractivity contribution in [2.75, 3.05) is 20.2 Å². The molecule has 1 amide bonds. The van der Waals surface area contributed by atoms with Crippen molar-refractivity contribution in [1.82, 2.24) is 10.3 Å². The van der Waals surface area contributed by atoms with Crippen LogP contribution in [-0.4, -0.2) is 43.2 Å². The molecular weight excluding hydrogens is 206 g/mol. The number of nitrogens with zero attached hydrogens (tertiary/aromatic N) is 1. The molecule has 0 aromatic carbocycles. The number of nitrogens with two attached hydrogens (primary N) is 1. The molecule has 94 valence electrons. The van der Waals surface area contributed by atoms with Crippen molar-refractivity contribution in [3.8, 4) is 0 Å². The van der Waals surface area contributed by atoms with Gasteiger partial charge in [0, 0.05) is 20.2 Å². The summed E-state index contributed by atoms with van der Waals surface area (Å²) in [6.45, 7) is 5.88. The van der Waals surface area contributed by atoms with Gasteiger partial charge < -0.3 is 4.74 Å². The topological polar surface area (TPSA) is 67.6 Å². The van der Waals surface area contributed by atoms with Gasteiger partial charge >= 0.3 is 0 Å². The van der Waals surface area contributed by atoms with Crippen LogP contribution in [0, 0.1) is 5.92 Å². The van der Waals surface area contributed by atoms with E-state index in [0.29, 0.717) is 6.10 Å². The number of rotatable bonds is 4. The molecule has 1 fully saturated rings. The number of carbonyl (C=O) groups is 1. The predicted molar refractivity (Wildman–Crippen MR) is 62.6 cm³/mol. The van der Waals surface area contributed by atoms with Gasteiger partial charge in [-0.05, 0) is 18.8 Å². The molecule has 0 aliphatic carbocycles. The molecule has 1 rings (SSSR count). The molecule has 1 atom stereocenters. The van der Waals surface area contributed by atoms with E-state index in [2.05, 4.69) is 10.3 Å². The van der Waals surface area contributed by atoms with Crippen LogP contribution >= 0.6 is 0 Å². The first-order valence-corrected chi connectivity index (χ1v) is 5.87. The van der Waals surface area contributed by atoms with Gasteiger partial charge in [-0.15, -0.1) is 0 Å². The lowest BCUT2D eigenvalue weighted by Crippen LogP contribution is -2.54. The van der Waals surface area contributed by atoms with E-state index in [1.807, 2.05) is 13.8 Å². The highest BCUT2D eigenvalue weighted by molar-refractivity contribution is 5.81. The van der Waals surface area contributed by atoms with Crippen LogP contribution in [0.2, 0.25) is 0 Å². The zero-order valence-corrected chi connectivity index (χ0v) is 10.4. The van der Waals surface area contributed by atoms with E-state index in [-0.39, 0.29) is 17.9 Å². The van der Waals surface area contributed by atoms with Gasteiger partial charge in [0.05, 0.1) is 12.1 Å². The maximum absolute atomic E-state index is 11.7. The third-order valence-electron chi connectivity index (χ3n) is 3.25. The van der Waals surface area contributed by atoms with E-state index in [1.54, 1.807) is 7.11 Å². The average molecular weight is 229 g/mol. The van der Waals surface area contributed by atoms with Gasteiger partial charge in [0.2, 0.25) is 0 Å². The Bertz CT molecular complexity index is 225. The van der Waals surface area contributed by atoms with Crippen LogP contribution in [-0.2, 0) is 9.53 Å². The largest absolute Gasteiger partial charge is 0.381 e. The molecule has 0 radical (unpaired) electrons. The number of piperidine rings is 1. The third-order valence-corrected chi connectivity index (χ3v) is 3.25. The average Bonchev–Trinajstić information content (AvgIpc) is 2.29. The Morgan fingerprint density at radius 1 is 1.44 bits per heavy atom. The summed E-state index contributed by atoms with van der Waals surface area (Å²) in [4.78, 5) is 13.9. The Balaban J connectivity index is 2.57. The SMILES string of the molecule is COC1CCN(C(C(=O)NN)C(C)C)CC1. The molecule has 5 nitrogen and oxygen atoms in total. The molecule has 16 heavy (non-hydrogen) atoms. The maximum atomic E-state index is 11.7. The zero-order valence-electron chi connectivity index (χ0n) is 10.4. The lowest BCUT2D eigenvalue weighted by atomic mass is 9.98. The summed E-state index contributed by atoms with van der Waals surface area (Å²) in [5.74, 6) is 5.39. The van der Waals surface area contributed by atoms with Gasteiger partial charge in [0.1, 0.15) is 0 Å². The number of hydrogen-bond donors (Lipinski definition) is 2. The van der Waals surface area contributed by atoms with E-state index in [4.69, 9.17) is 10.6 Å². The van der Waals surface area contributed by atoms with E-state index in [1.165, 1.54) is 0 Å². The molecule has 1 unspecified atom stereocenters. The van der Waals surface area contributed by atoms with Gasteiger partial charge in [0.15, 0.2) is 0 Å². The predicted octanol–water partition coefficient (Wildman–Crippen LogP) is 0.112. The van der Waals surface area contributed by atoms with Crippen LogP contribution in [0.15, 0.2) is 0 Å². The molecule has 1 heterocycles. The zero-order chi connectivity index (χ0) is 12.1. The van der Waals surface area contributed by atoms with E-state index >= 15 is 0 Å². The van der Waals surface area contributed by atoms with Crippen LogP contribution in [0.4, 0.5) is 0 Å². The lowest BCUT2D eigenvalue weighted by Gasteiger charge is -2.37. The summed E-state index contributed by atoms with van der Waals surface area (Å²) in [5, 5.41) is 0. The molecule has 0 spiro atoms.